The van der Waals surface area contributed by atoms with Crippen molar-refractivity contribution in [2.75, 3.05) is 19.8 Å². The largest absolute Gasteiger partial charge is 0.507 e. The second kappa shape index (κ2) is 7.50. The Morgan fingerprint density at radius 2 is 1.63 bits per heavy atom. The van der Waals surface area contributed by atoms with Crippen LogP contribution >= 0.6 is 0 Å². The number of benzene rings is 1. The van der Waals surface area contributed by atoms with E-state index in [0.717, 1.165) is 0 Å². The number of phenols is 1. The molecule has 1 heterocycles. The van der Waals surface area contributed by atoms with Gasteiger partial charge in [-0.15, -0.1) is 0 Å². The quantitative estimate of drug-likeness (QED) is 0.844. The zero-order chi connectivity index (χ0) is 20.6. The van der Waals surface area contributed by atoms with Crippen LogP contribution in [0, 0.1) is 0 Å². The molecule has 1 aromatic rings. The van der Waals surface area contributed by atoms with E-state index in [1.807, 2.05) is 41.5 Å². The predicted octanol–water partition coefficient (Wildman–Crippen LogP) is 3.30. The average molecular weight is 377 g/mol. The Balaban J connectivity index is 2.53. The number of carboxylic acids is 1. The lowest BCUT2D eigenvalue weighted by molar-refractivity contribution is -0.139. The van der Waals surface area contributed by atoms with E-state index < -0.39 is 12.0 Å². The van der Waals surface area contributed by atoms with Crippen LogP contribution in [0.15, 0.2) is 12.1 Å². The highest BCUT2D eigenvalue weighted by molar-refractivity contribution is 5.95. The number of ether oxygens (including phenoxy) is 1. The van der Waals surface area contributed by atoms with Gasteiger partial charge in [0.25, 0.3) is 5.91 Å². The second-order valence-electron chi connectivity index (χ2n) is 9.25. The highest BCUT2D eigenvalue weighted by atomic mass is 16.5. The molecule has 0 aromatic heterocycles. The van der Waals surface area contributed by atoms with Gasteiger partial charge in [0.2, 0.25) is 0 Å². The minimum Gasteiger partial charge on any atom is -0.507 e. The number of morpholine rings is 1. The smallest absolute Gasteiger partial charge is 0.305 e. The minimum absolute atomic E-state index is 0.151. The molecule has 2 N–H and O–H groups in total. The van der Waals surface area contributed by atoms with E-state index in [2.05, 4.69) is 0 Å². The molecule has 6 heteroatoms. The molecule has 0 aliphatic carbocycles. The number of aliphatic carboxylic acids is 1. The van der Waals surface area contributed by atoms with Gasteiger partial charge < -0.3 is 19.8 Å². The Labute approximate surface area is 161 Å². The van der Waals surface area contributed by atoms with E-state index in [1.165, 1.54) is 0 Å². The molecule has 27 heavy (non-hydrogen) atoms. The lowest BCUT2D eigenvalue weighted by atomic mass is 9.78. The first kappa shape index (κ1) is 21.2. The van der Waals surface area contributed by atoms with Crippen LogP contribution in [-0.4, -0.2) is 52.8 Å². The summed E-state index contributed by atoms with van der Waals surface area (Å²) in [5, 5.41) is 20.0. The van der Waals surface area contributed by atoms with Crippen LogP contribution in [0.2, 0.25) is 0 Å². The van der Waals surface area contributed by atoms with Gasteiger partial charge in [0.05, 0.1) is 25.7 Å². The van der Waals surface area contributed by atoms with Gasteiger partial charge in [-0.05, 0) is 23.0 Å². The summed E-state index contributed by atoms with van der Waals surface area (Å²) in [7, 11) is 0. The molecule has 0 unspecified atom stereocenters. The number of carboxylic acid groups (broad SMARTS) is 1. The van der Waals surface area contributed by atoms with Crippen LogP contribution in [0.5, 0.6) is 5.75 Å². The van der Waals surface area contributed by atoms with E-state index >= 15 is 0 Å². The van der Waals surface area contributed by atoms with Gasteiger partial charge in [0.1, 0.15) is 5.75 Å². The number of carbonyl (C=O) groups is 2. The molecule has 1 saturated heterocycles. The first-order chi connectivity index (χ1) is 12.3. The lowest BCUT2D eigenvalue weighted by Crippen LogP contribution is -2.49. The van der Waals surface area contributed by atoms with Crippen molar-refractivity contribution in [3.8, 4) is 5.75 Å². The highest BCUT2D eigenvalue weighted by Crippen LogP contribution is 2.40. The molecule has 0 saturated carbocycles. The maximum Gasteiger partial charge on any atom is 0.305 e. The number of nitrogens with zero attached hydrogens (tertiary/aromatic N) is 1. The third-order valence-electron chi connectivity index (χ3n) is 4.87. The van der Waals surface area contributed by atoms with Gasteiger partial charge in [-0.2, -0.15) is 0 Å². The zero-order valence-electron chi connectivity index (χ0n) is 17.1. The molecule has 2 rings (SSSR count). The summed E-state index contributed by atoms with van der Waals surface area (Å²) in [4.78, 5) is 26.0. The predicted molar refractivity (Wildman–Crippen MR) is 103 cm³/mol. The van der Waals surface area contributed by atoms with Gasteiger partial charge in [-0.3, -0.25) is 9.59 Å². The monoisotopic (exact) mass is 377 g/mol. The van der Waals surface area contributed by atoms with Crippen molar-refractivity contribution < 1.29 is 24.5 Å². The van der Waals surface area contributed by atoms with E-state index in [4.69, 9.17) is 9.84 Å². The summed E-state index contributed by atoms with van der Waals surface area (Å²) in [5.41, 5.74) is 1.21. The van der Waals surface area contributed by atoms with E-state index in [-0.39, 0.29) is 35.5 Å². The molecule has 150 valence electrons. The molecule has 1 aliphatic rings. The van der Waals surface area contributed by atoms with Crippen LogP contribution in [0.1, 0.15) is 69.4 Å². The fraction of sp³-hybridized carbons (Fsp3) is 0.619. The molecule has 0 spiro atoms. The SMILES string of the molecule is CC(C)(C)c1cc(C(=O)N2CCOC[C@H]2CC(=O)O)cc(C(C)(C)C)c1O. The standard InChI is InChI=1S/C21H31NO5/c1-20(2,3)15-9-13(10-16(18(15)25)21(4,5)6)19(26)22-7-8-27-12-14(22)11-17(23)24/h9-10,14,25H,7-8,11-12H2,1-6H3,(H,23,24)/t14-/m1/s1. The molecule has 0 radical (unpaired) electrons. The summed E-state index contributed by atoms with van der Waals surface area (Å²) in [6.07, 6.45) is -0.151. The average Bonchev–Trinajstić information content (AvgIpc) is 2.52. The first-order valence-electron chi connectivity index (χ1n) is 9.31. The number of rotatable bonds is 3. The molecule has 1 amide bonds. The van der Waals surface area contributed by atoms with E-state index in [1.54, 1.807) is 17.0 Å². The Hall–Kier alpha value is -2.08. The second-order valence-corrected chi connectivity index (χ2v) is 9.25. The summed E-state index contributed by atoms with van der Waals surface area (Å²) in [6.45, 7) is 12.9. The van der Waals surface area contributed by atoms with Crippen LogP contribution in [0.4, 0.5) is 0 Å². The highest BCUT2D eigenvalue weighted by Gasteiger charge is 2.33. The number of hydrogen-bond acceptors (Lipinski definition) is 4. The van der Waals surface area contributed by atoms with E-state index in [9.17, 15) is 14.7 Å². The Morgan fingerprint density at radius 3 is 2.07 bits per heavy atom. The molecule has 1 aromatic carbocycles. The minimum atomic E-state index is -0.959. The topological polar surface area (TPSA) is 87.1 Å². The molecule has 6 nitrogen and oxygen atoms in total. The van der Waals surface area contributed by atoms with Gasteiger partial charge in [-0.25, -0.2) is 0 Å². The van der Waals surface area contributed by atoms with Gasteiger partial charge in [0.15, 0.2) is 0 Å². The molecular formula is C21H31NO5. The van der Waals surface area contributed by atoms with Crippen molar-refractivity contribution >= 4 is 11.9 Å². The maximum atomic E-state index is 13.3. The van der Waals surface area contributed by atoms with E-state index in [0.29, 0.717) is 29.8 Å². The normalized spacial score (nSPS) is 18.4. The van der Waals surface area contributed by atoms with Crippen molar-refractivity contribution in [3.63, 3.8) is 0 Å². The van der Waals surface area contributed by atoms with Gasteiger partial charge >= 0.3 is 5.97 Å². The third-order valence-corrected chi connectivity index (χ3v) is 4.87. The number of amides is 1. The number of carbonyl (C=O) groups excluding carboxylic acids is 1. The molecule has 0 bridgehead atoms. The third kappa shape index (κ3) is 4.80. The number of aromatic hydroxyl groups is 1. The summed E-state index contributed by atoms with van der Waals surface area (Å²) < 4.78 is 5.38. The first-order valence-corrected chi connectivity index (χ1v) is 9.31. The van der Waals surface area contributed by atoms with Crippen LogP contribution in [-0.2, 0) is 20.4 Å². The molecule has 1 fully saturated rings. The van der Waals surface area contributed by atoms with Crippen LogP contribution < -0.4 is 0 Å². The summed E-state index contributed by atoms with van der Waals surface area (Å²) >= 11 is 0. The van der Waals surface area contributed by atoms with Crippen molar-refractivity contribution in [3.05, 3.63) is 28.8 Å². The van der Waals surface area contributed by atoms with Crippen LogP contribution in [0.25, 0.3) is 0 Å². The van der Waals surface area contributed by atoms with Crippen molar-refractivity contribution in [1.29, 1.82) is 0 Å². The zero-order valence-corrected chi connectivity index (χ0v) is 17.1. The van der Waals surface area contributed by atoms with Gasteiger partial charge in [0, 0.05) is 23.2 Å². The van der Waals surface area contributed by atoms with Crippen molar-refractivity contribution in [1.82, 2.24) is 4.90 Å². The van der Waals surface area contributed by atoms with Crippen molar-refractivity contribution in [2.45, 2.75) is 64.8 Å². The fourth-order valence-electron chi connectivity index (χ4n) is 3.36. The molecular weight excluding hydrogens is 346 g/mol. The summed E-state index contributed by atoms with van der Waals surface area (Å²) in [5.74, 6) is -0.962. The number of hydrogen-bond donors (Lipinski definition) is 2. The summed E-state index contributed by atoms with van der Waals surface area (Å²) in [6, 6.07) is 2.98. The van der Waals surface area contributed by atoms with Crippen molar-refractivity contribution in [2.24, 2.45) is 0 Å². The lowest BCUT2D eigenvalue weighted by Gasteiger charge is -2.35. The maximum absolute atomic E-state index is 13.3. The van der Waals surface area contributed by atoms with Crippen LogP contribution in [0.3, 0.4) is 0 Å². The Bertz CT molecular complexity index is 692. The Kier molecular flexibility index (Phi) is 5.90. The fourth-order valence-corrected chi connectivity index (χ4v) is 3.36. The number of phenolic OH excluding ortho intramolecular Hbond substituents is 1. The molecule has 1 atom stereocenters. The van der Waals surface area contributed by atoms with Gasteiger partial charge in [-0.1, -0.05) is 41.5 Å². The molecule has 1 aliphatic heterocycles. The Morgan fingerprint density at radius 1 is 1.11 bits per heavy atom.